The highest BCUT2D eigenvalue weighted by molar-refractivity contribution is 8.05. The quantitative estimate of drug-likeness (QED) is 0.111. The number of aromatic nitrogens is 1. The first-order valence-corrected chi connectivity index (χ1v) is 15.2. The van der Waals surface area contributed by atoms with Crippen LogP contribution in [0.15, 0.2) is 132 Å². The Bertz CT molecular complexity index is 1310. The molecule has 4 aromatic carbocycles. The van der Waals surface area contributed by atoms with E-state index in [1.54, 1.807) is 11.3 Å². The number of halogens is 1. The molecule has 0 saturated heterocycles. The van der Waals surface area contributed by atoms with E-state index in [0.29, 0.717) is 0 Å². The number of aryl methyl sites for hydroxylation is 1. The smallest absolute Gasteiger partial charge is 0.223 e. The van der Waals surface area contributed by atoms with Gasteiger partial charge in [0.25, 0.3) is 0 Å². The van der Waals surface area contributed by atoms with E-state index in [2.05, 4.69) is 129 Å². The Balaban J connectivity index is 0.00000304. The fraction of sp³-hybridized carbons (Fsp3) is 0.0645. The molecular weight excluding hydrogens is 608 g/mol. The van der Waals surface area contributed by atoms with Gasteiger partial charge in [-0.05, 0) is 43.3 Å². The Hall–Kier alpha value is -2.24. The highest BCUT2D eigenvalue weighted by atomic mass is 127. The number of thioether (sulfide) groups is 1. The molecule has 0 aliphatic rings. The lowest BCUT2D eigenvalue weighted by atomic mass is 10.2. The molecule has 1 aromatic heterocycles. The first-order valence-electron chi connectivity index (χ1n) is 11.6. The van der Waals surface area contributed by atoms with Crippen molar-refractivity contribution in [1.29, 1.82) is 0 Å². The van der Waals surface area contributed by atoms with Gasteiger partial charge in [-0.2, -0.15) is 4.98 Å². The van der Waals surface area contributed by atoms with Crippen LogP contribution in [-0.4, -0.2) is 10.7 Å². The van der Waals surface area contributed by atoms with E-state index < -0.39 is 7.26 Å². The third kappa shape index (κ3) is 5.24. The van der Waals surface area contributed by atoms with Crippen molar-refractivity contribution >= 4 is 51.7 Å². The van der Waals surface area contributed by atoms with E-state index in [1.165, 1.54) is 36.7 Å². The summed E-state index contributed by atoms with van der Waals surface area (Å²) in [6, 6.07) is 41.6. The van der Waals surface area contributed by atoms with Gasteiger partial charge in [-0.15, -0.1) is 29.7 Å². The summed E-state index contributed by atoms with van der Waals surface area (Å²) in [4.78, 5) is 5.48. The van der Waals surface area contributed by atoms with Gasteiger partial charge in [0.15, 0.2) is 7.26 Å². The van der Waals surface area contributed by atoms with Crippen molar-refractivity contribution in [2.24, 2.45) is 0 Å². The van der Waals surface area contributed by atoms with Gasteiger partial charge in [0, 0.05) is 11.3 Å². The molecule has 0 radical (unpaired) electrons. The molecule has 0 aliphatic heterocycles. The van der Waals surface area contributed by atoms with Gasteiger partial charge in [0.2, 0.25) is 5.44 Å². The summed E-state index contributed by atoms with van der Waals surface area (Å²) in [6.07, 6.45) is 1.98. The van der Waals surface area contributed by atoms with Crippen LogP contribution in [0.1, 0.15) is 5.56 Å². The highest BCUT2D eigenvalue weighted by Crippen LogP contribution is 2.56. The molecule has 180 valence electrons. The molecular formula is C31H27INPS2. The van der Waals surface area contributed by atoms with Crippen molar-refractivity contribution < 1.29 is 24.0 Å². The molecule has 0 unspecified atom stereocenters. The first-order chi connectivity index (χ1) is 17.2. The summed E-state index contributed by atoms with van der Waals surface area (Å²) >= 11 is 3.64. The van der Waals surface area contributed by atoms with Gasteiger partial charge in [-0.25, -0.2) is 0 Å². The third-order valence-corrected chi connectivity index (χ3v) is 12.8. The van der Waals surface area contributed by atoms with Crippen LogP contribution < -0.4 is 45.3 Å². The fourth-order valence-electron chi connectivity index (χ4n) is 4.33. The summed E-state index contributed by atoms with van der Waals surface area (Å²) in [5.41, 5.74) is 3.61. The minimum atomic E-state index is -2.25. The van der Waals surface area contributed by atoms with E-state index in [4.69, 9.17) is 4.98 Å². The van der Waals surface area contributed by atoms with Crippen LogP contribution in [0.3, 0.4) is 0 Å². The first kappa shape index (κ1) is 26.8. The van der Waals surface area contributed by atoms with Gasteiger partial charge in [0.05, 0.1) is 0 Å². The summed E-state index contributed by atoms with van der Waals surface area (Å²) in [6.45, 7) is 6.11. The van der Waals surface area contributed by atoms with Crippen LogP contribution in [0.25, 0.3) is 10.6 Å². The van der Waals surface area contributed by atoms with Crippen LogP contribution in [0.4, 0.5) is 0 Å². The Labute approximate surface area is 240 Å². The van der Waals surface area contributed by atoms with Crippen molar-refractivity contribution in [2.75, 3.05) is 5.75 Å². The molecule has 36 heavy (non-hydrogen) atoms. The SMILES string of the molecule is C=CCSc1sc(-c2ccc(C)cc2)nc1[P+](c1ccccc1)(c1ccccc1)c1ccccc1.[I-]. The number of benzene rings is 4. The molecule has 0 aliphatic carbocycles. The minimum absolute atomic E-state index is 0. The van der Waals surface area contributed by atoms with E-state index >= 15 is 0 Å². The maximum absolute atomic E-state index is 5.48. The zero-order valence-electron chi connectivity index (χ0n) is 20.1. The Kier molecular flexibility index (Phi) is 9.19. The standard InChI is InChI=1S/C31H27NPS2.HI/c1-3-23-34-31-29(32-30(35-31)25-21-19-24(2)20-22-25)33(26-13-7-4-8-14-26,27-15-9-5-10-16-27)28-17-11-6-12-18-28;/h3-22H,1,23H2,2H3;1H/q+1;/p-1. The second kappa shape index (κ2) is 12.3. The van der Waals surface area contributed by atoms with Crippen LogP contribution in [0, 0.1) is 6.92 Å². The maximum Gasteiger partial charge on any atom is 0.223 e. The average Bonchev–Trinajstić information content (AvgIpc) is 3.34. The van der Waals surface area contributed by atoms with Crippen LogP contribution in [0.5, 0.6) is 0 Å². The monoisotopic (exact) mass is 635 g/mol. The molecule has 0 bridgehead atoms. The lowest BCUT2D eigenvalue weighted by Crippen LogP contribution is -3.00. The Morgan fingerprint density at radius 3 is 1.67 bits per heavy atom. The van der Waals surface area contributed by atoms with E-state index in [-0.39, 0.29) is 24.0 Å². The number of thiazole rings is 1. The van der Waals surface area contributed by atoms with Gasteiger partial charge < -0.3 is 24.0 Å². The van der Waals surface area contributed by atoms with Crippen LogP contribution >= 0.6 is 30.4 Å². The molecule has 0 fully saturated rings. The predicted molar refractivity (Wildman–Crippen MR) is 158 cm³/mol. The molecule has 0 amide bonds. The van der Waals surface area contributed by atoms with Crippen molar-refractivity contribution in [3.8, 4) is 10.6 Å². The highest BCUT2D eigenvalue weighted by Gasteiger charge is 2.52. The van der Waals surface area contributed by atoms with E-state index in [1.807, 2.05) is 17.8 Å². The molecule has 5 heteroatoms. The summed E-state index contributed by atoms with van der Waals surface area (Å²) in [7, 11) is -2.25. The largest absolute Gasteiger partial charge is 1.00 e. The average molecular weight is 636 g/mol. The predicted octanol–water partition coefficient (Wildman–Crippen LogP) is 4.02. The Morgan fingerprint density at radius 2 is 1.22 bits per heavy atom. The summed E-state index contributed by atoms with van der Waals surface area (Å²) in [5, 5.41) is 5.02. The number of hydrogen-bond donors (Lipinski definition) is 0. The zero-order valence-corrected chi connectivity index (χ0v) is 24.7. The van der Waals surface area contributed by atoms with Gasteiger partial charge >= 0.3 is 0 Å². The summed E-state index contributed by atoms with van der Waals surface area (Å²) in [5.74, 6) is 0.848. The number of hydrogen-bond acceptors (Lipinski definition) is 3. The molecule has 0 atom stereocenters. The van der Waals surface area contributed by atoms with E-state index in [0.717, 1.165) is 10.8 Å². The molecule has 0 spiro atoms. The third-order valence-electron chi connectivity index (χ3n) is 5.96. The van der Waals surface area contributed by atoms with E-state index in [9.17, 15) is 0 Å². The number of nitrogens with zero attached hydrogens (tertiary/aromatic N) is 1. The maximum atomic E-state index is 5.48. The lowest BCUT2D eigenvalue weighted by molar-refractivity contribution is -0.00000673. The van der Waals surface area contributed by atoms with Crippen molar-refractivity contribution in [1.82, 2.24) is 4.98 Å². The second-order valence-electron chi connectivity index (χ2n) is 8.27. The van der Waals surface area contributed by atoms with Crippen molar-refractivity contribution in [3.05, 3.63) is 133 Å². The van der Waals surface area contributed by atoms with Crippen molar-refractivity contribution in [3.63, 3.8) is 0 Å². The summed E-state index contributed by atoms with van der Waals surface area (Å²) < 4.78 is 1.27. The van der Waals surface area contributed by atoms with Crippen molar-refractivity contribution in [2.45, 2.75) is 11.1 Å². The molecule has 1 nitrogen and oxygen atoms in total. The minimum Gasteiger partial charge on any atom is -1.00 e. The molecule has 0 N–H and O–H groups in total. The topological polar surface area (TPSA) is 12.9 Å². The molecule has 5 rings (SSSR count). The van der Waals surface area contributed by atoms with Crippen LogP contribution in [-0.2, 0) is 0 Å². The molecule has 5 aromatic rings. The molecule has 0 saturated carbocycles. The normalized spacial score (nSPS) is 11.0. The zero-order chi connectivity index (χ0) is 24.1. The van der Waals surface area contributed by atoms with Gasteiger partial charge in [0.1, 0.15) is 25.1 Å². The van der Waals surface area contributed by atoms with Crippen LogP contribution in [0.2, 0.25) is 0 Å². The number of rotatable bonds is 8. The fourth-order valence-corrected chi connectivity index (χ4v) is 11.4. The Morgan fingerprint density at radius 1 is 0.750 bits per heavy atom. The second-order valence-corrected chi connectivity index (χ2v) is 13.9. The van der Waals surface area contributed by atoms with Gasteiger partial charge in [-0.1, -0.05) is 90.5 Å². The molecule has 1 heterocycles. The lowest BCUT2D eigenvalue weighted by Gasteiger charge is -2.26. The van der Waals surface area contributed by atoms with Gasteiger partial charge in [-0.3, -0.25) is 0 Å².